The number of aliphatic hydroxyl groups excluding tert-OH is 1. The van der Waals surface area contributed by atoms with E-state index < -0.39 is 0 Å². The summed E-state index contributed by atoms with van der Waals surface area (Å²) in [5.74, 6) is 0. The highest BCUT2D eigenvalue weighted by molar-refractivity contribution is 9.10. The van der Waals surface area contributed by atoms with Crippen LogP contribution in [0.15, 0.2) is 22.7 Å². The smallest absolute Gasteiger partial charge is 0.0447 e. The van der Waals surface area contributed by atoms with Crippen LogP contribution in [0.3, 0.4) is 0 Å². The van der Waals surface area contributed by atoms with Gasteiger partial charge in [0.05, 0.1) is 0 Å². The van der Waals surface area contributed by atoms with Crippen LogP contribution in [-0.2, 0) is 0 Å². The second-order valence-corrected chi connectivity index (χ2v) is 5.93. The molecule has 1 rings (SSSR count). The molecule has 4 heteroatoms. The van der Waals surface area contributed by atoms with Crippen LogP contribution < -0.4 is 10.2 Å². The summed E-state index contributed by atoms with van der Waals surface area (Å²) in [5, 5.41) is 12.3. The van der Waals surface area contributed by atoms with Crippen molar-refractivity contribution in [2.45, 2.75) is 39.3 Å². The lowest BCUT2D eigenvalue weighted by Crippen LogP contribution is -2.32. The van der Waals surface area contributed by atoms with E-state index in [1.54, 1.807) is 0 Å². The molecule has 108 valence electrons. The molecule has 0 heterocycles. The van der Waals surface area contributed by atoms with Crippen LogP contribution in [0, 0.1) is 0 Å². The van der Waals surface area contributed by atoms with Gasteiger partial charge in [0.25, 0.3) is 0 Å². The molecule has 19 heavy (non-hydrogen) atoms. The summed E-state index contributed by atoms with van der Waals surface area (Å²) in [5.41, 5.74) is 2.46. The zero-order valence-electron chi connectivity index (χ0n) is 12.3. The summed E-state index contributed by atoms with van der Waals surface area (Å²) in [7, 11) is 1.96. The van der Waals surface area contributed by atoms with Crippen LogP contribution in [0.1, 0.15) is 38.8 Å². The highest BCUT2D eigenvalue weighted by Crippen LogP contribution is 2.29. The third-order valence-corrected chi connectivity index (χ3v) is 4.08. The molecule has 1 unspecified atom stereocenters. The highest BCUT2D eigenvalue weighted by Gasteiger charge is 2.13. The molecule has 0 aliphatic carbocycles. The summed E-state index contributed by atoms with van der Waals surface area (Å²) in [6.07, 6.45) is 0.796. The summed E-state index contributed by atoms with van der Waals surface area (Å²) < 4.78 is 1.13. The van der Waals surface area contributed by atoms with Gasteiger partial charge in [0.1, 0.15) is 0 Å². The molecule has 1 aromatic rings. The molecule has 0 aromatic heterocycles. The summed E-state index contributed by atoms with van der Waals surface area (Å²) >= 11 is 3.66. The Morgan fingerprint density at radius 1 is 1.32 bits per heavy atom. The van der Waals surface area contributed by atoms with E-state index in [1.165, 1.54) is 11.3 Å². The molecule has 0 aliphatic heterocycles. The van der Waals surface area contributed by atoms with E-state index in [4.69, 9.17) is 5.11 Å². The lowest BCUT2D eigenvalue weighted by molar-refractivity contribution is 0.288. The number of nitrogens with zero attached hydrogens (tertiary/aromatic N) is 1. The first-order valence-electron chi connectivity index (χ1n) is 6.85. The van der Waals surface area contributed by atoms with E-state index in [0.29, 0.717) is 12.1 Å². The maximum absolute atomic E-state index is 9.00. The Hall–Kier alpha value is -0.580. The van der Waals surface area contributed by atoms with Gasteiger partial charge in [-0.1, -0.05) is 22.0 Å². The predicted molar refractivity (Wildman–Crippen MR) is 85.8 cm³/mol. The average Bonchev–Trinajstić information content (AvgIpc) is 2.38. The Morgan fingerprint density at radius 3 is 2.47 bits per heavy atom. The van der Waals surface area contributed by atoms with E-state index in [0.717, 1.165) is 17.4 Å². The molecule has 0 saturated heterocycles. The van der Waals surface area contributed by atoms with Crippen LogP contribution in [0.5, 0.6) is 0 Å². The van der Waals surface area contributed by atoms with Crippen molar-refractivity contribution in [2.24, 2.45) is 0 Å². The molecule has 1 aromatic carbocycles. The van der Waals surface area contributed by atoms with Crippen LogP contribution in [0.2, 0.25) is 0 Å². The lowest BCUT2D eigenvalue weighted by Gasteiger charge is -2.29. The van der Waals surface area contributed by atoms with Crippen molar-refractivity contribution in [1.82, 2.24) is 5.32 Å². The van der Waals surface area contributed by atoms with Gasteiger partial charge in [0, 0.05) is 35.4 Å². The van der Waals surface area contributed by atoms with E-state index in [9.17, 15) is 0 Å². The third-order valence-electron chi connectivity index (χ3n) is 3.40. The quantitative estimate of drug-likeness (QED) is 0.805. The minimum absolute atomic E-state index is 0.235. The predicted octanol–water partition coefficient (Wildman–Crippen LogP) is 3.33. The summed E-state index contributed by atoms with van der Waals surface area (Å²) in [6.45, 7) is 7.61. The minimum Gasteiger partial charge on any atom is -0.396 e. The molecule has 0 radical (unpaired) electrons. The zero-order valence-corrected chi connectivity index (χ0v) is 13.9. The number of hydrogen-bond acceptors (Lipinski definition) is 3. The van der Waals surface area contributed by atoms with Crippen molar-refractivity contribution in [1.29, 1.82) is 0 Å². The van der Waals surface area contributed by atoms with Crippen LogP contribution in [0.25, 0.3) is 0 Å². The number of halogens is 1. The molecular formula is C15H25BrN2O. The summed E-state index contributed by atoms with van der Waals surface area (Å²) in [6, 6.07) is 7.24. The van der Waals surface area contributed by atoms with E-state index in [2.05, 4.69) is 65.1 Å². The fourth-order valence-electron chi connectivity index (χ4n) is 2.13. The molecule has 3 nitrogen and oxygen atoms in total. The number of nitrogens with one attached hydrogen (secondary N) is 1. The maximum Gasteiger partial charge on any atom is 0.0447 e. The van der Waals surface area contributed by atoms with Crippen molar-refractivity contribution in [3.05, 3.63) is 28.2 Å². The normalized spacial score (nSPS) is 12.8. The highest BCUT2D eigenvalue weighted by atomic mass is 79.9. The fraction of sp³-hybridized carbons (Fsp3) is 0.600. The van der Waals surface area contributed by atoms with Gasteiger partial charge in [-0.15, -0.1) is 0 Å². The van der Waals surface area contributed by atoms with Gasteiger partial charge in [0.15, 0.2) is 0 Å². The van der Waals surface area contributed by atoms with Crippen molar-refractivity contribution in [3.63, 3.8) is 0 Å². The number of benzene rings is 1. The molecule has 0 fully saturated rings. The van der Waals surface area contributed by atoms with Crippen molar-refractivity contribution in [2.75, 3.05) is 25.1 Å². The molecule has 0 bridgehead atoms. The number of aliphatic hydroxyl groups is 1. The second kappa shape index (κ2) is 7.88. The van der Waals surface area contributed by atoms with Gasteiger partial charge in [-0.3, -0.25) is 0 Å². The Kier molecular flexibility index (Phi) is 6.83. The second-order valence-electron chi connectivity index (χ2n) is 5.08. The SMILES string of the molecule is CNC(C)c1ccc(N(CCCO)C(C)C)cc1Br. The van der Waals surface area contributed by atoms with Crippen LogP contribution in [-0.4, -0.2) is 31.3 Å². The fourth-order valence-corrected chi connectivity index (χ4v) is 2.84. The molecular weight excluding hydrogens is 304 g/mol. The van der Waals surface area contributed by atoms with Gasteiger partial charge >= 0.3 is 0 Å². The Balaban J connectivity index is 2.96. The Bertz CT molecular complexity index is 396. The molecule has 0 amide bonds. The molecule has 1 atom stereocenters. The number of rotatable bonds is 7. The minimum atomic E-state index is 0.235. The summed E-state index contributed by atoms with van der Waals surface area (Å²) in [4.78, 5) is 2.31. The number of hydrogen-bond donors (Lipinski definition) is 2. The van der Waals surface area contributed by atoms with E-state index in [1.807, 2.05) is 7.05 Å². The van der Waals surface area contributed by atoms with E-state index >= 15 is 0 Å². The largest absolute Gasteiger partial charge is 0.396 e. The molecule has 0 aliphatic rings. The molecule has 0 saturated carbocycles. The topological polar surface area (TPSA) is 35.5 Å². The van der Waals surface area contributed by atoms with Crippen LogP contribution >= 0.6 is 15.9 Å². The van der Waals surface area contributed by atoms with Crippen molar-refractivity contribution in [3.8, 4) is 0 Å². The van der Waals surface area contributed by atoms with Gasteiger partial charge in [-0.25, -0.2) is 0 Å². The Labute approximate surface area is 125 Å². The van der Waals surface area contributed by atoms with Gasteiger partial charge < -0.3 is 15.3 Å². The maximum atomic E-state index is 9.00. The Morgan fingerprint density at radius 2 is 2.00 bits per heavy atom. The van der Waals surface area contributed by atoms with Crippen molar-refractivity contribution < 1.29 is 5.11 Å². The lowest BCUT2D eigenvalue weighted by atomic mass is 10.1. The van der Waals surface area contributed by atoms with Crippen molar-refractivity contribution >= 4 is 21.6 Å². The van der Waals surface area contributed by atoms with Crippen LogP contribution in [0.4, 0.5) is 5.69 Å². The van der Waals surface area contributed by atoms with Gasteiger partial charge in [-0.2, -0.15) is 0 Å². The van der Waals surface area contributed by atoms with E-state index in [-0.39, 0.29) is 6.61 Å². The van der Waals surface area contributed by atoms with Gasteiger partial charge in [-0.05, 0) is 51.9 Å². The first-order chi connectivity index (χ1) is 9.01. The first kappa shape index (κ1) is 16.5. The monoisotopic (exact) mass is 328 g/mol. The standard InChI is InChI=1S/C15H25BrN2O/c1-11(2)18(8-5-9-19)13-6-7-14(12(3)17-4)15(16)10-13/h6-7,10-12,17,19H,5,8-9H2,1-4H3. The molecule has 2 N–H and O–H groups in total. The first-order valence-corrected chi connectivity index (χ1v) is 7.64. The average molecular weight is 329 g/mol. The zero-order chi connectivity index (χ0) is 14.4. The van der Waals surface area contributed by atoms with Gasteiger partial charge in [0.2, 0.25) is 0 Å². The molecule has 0 spiro atoms. The number of anilines is 1. The third kappa shape index (κ3) is 4.48.